The number of hydrogen-bond acceptors (Lipinski definition) is 4. The van der Waals surface area contributed by atoms with Gasteiger partial charge in [0, 0.05) is 51.6 Å². The maximum atomic E-state index is 12.2. The third-order valence-corrected chi connectivity index (χ3v) is 5.05. The Bertz CT molecular complexity index is 816. The molecule has 0 radical (unpaired) electrons. The summed E-state index contributed by atoms with van der Waals surface area (Å²) >= 11 is 0. The van der Waals surface area contributed by atoms with Gasteiger partial charge >= 0.3 is 0 Å². The van der Waals surface area contributed by atoms with Crippen LogP contribution in [0.1, 0.15) is 23.2 Å². The lowest BCUT2D eigenvalue weighted by molar-refractivity contribution is 0.0954. The number of guanidine groups is 1. The molecule has 2 N–H and O–H groups in total. The van der Waals surface area contributed by atoms with Crippen LogP contribution >= 0.6 is 0 Å². The SMILES string of the molecule is CN=C(NCCNC(=O)c1ccc(OC)cc1)N1CCC(Oc2ccccc2)CC1. The fourth-order valence-electron chi connectivity index (χ4n) is 3.40. The van der Waals surface area contributed by atoms with Crippen LogP contribution in [0.4, 0.5) is 0 Å². The van der Waals surface area contributed by atoms with Gasteiger partial charge in [-0.3, -0.25) is 9.79 Å². The largest absolute Gasteiger partial charge is 0.497 e. The van der Waals surface area contributed by atoms with Crippen molar-refractivity contribution in [2.75, 3.05) is 40.3 Å². The summed E-state index contributed by atoms with van der Waals surface area (Å²) in [7, 11) is 3.39. The van der Waals surface area contributed by atoms with Crippen LogP contribution in [0.2, 0.25) is 0 Å². The van der Waals surface area contributed by atoms with E-state index in [2.05, 4.69) is 20.5 Å². The second-order valence-corrected chi connectivity index (χ2v) is 7.08. The van der Waals surface area contributed by atoms with Crippen LogP contribution in [0.25, 0.3) is 0 Å². The average Bonchev–Trinajstić information content (AvgIpc) is 2.80. The predicted molar refractivity (Wildman–Crippen MR) is 118 cm³/mol. The highest BCUT2D eigenvalue weighted by atomic mass is 16.5. The number of aliphatic imine (C=N–C) groups is 1. The Hall–Kier alpha value is -3.22. The second kappa shape index (κ2) is 11.1. The van der Waals surface area contributed by atoms with E-state index in [0.717, 1.165) is 43.4 Å². The minimum atomic E-state index is -0.103. The lowest BCUT2D eigenvalue weighted by Crippen LogP contribution is -2.48. The van der Waals surface area contributed by atoms with E-state index in [1.54, 1.807) is 38.4 Å². The maximum Gasteiger partial charge on any atom is 0.251 e. The third-order valence-electron chi connectivity index (χ3n) is 5.05. The van der Waals surface area contributed by atoms with Crippen molar-refractivity contribution in [1.29, 1.82) is 0 Å². The van der Waals surface area contributed by atoms with Crippen molar-refractivity contribution >= 4 is 11.9 Å². The average molecular weight is 411 g/mol. The molecule has 1 fully saturated rings. The number of carbonyl (C=O) groups excluding carboxylic acids is 1. The molecule has 30 heavy (non-hydrogen) atoms. The van der Waals surface area contributed by atoms with E-state index in [-0.39, 0.29) is 12.0 Å². The highest BCUT2D eigenvalue weighted by Gasteiger charge is 2.22. The zero-order chi connectivity index (χ0) is 21.2. The molecule has 1 saturated heterocycles. The van der Waals surface area contributed by atoms with Crippen LogP contribution in [0, 0.1) is 0 Å². The first-order valence-corrected chi connectivity index (χ1v) is 10.3. The van der Waals surface area contributed by atoms with Crippen molar-refractivity contribution in [3.8, 4) is 11.5 Å². The highest BCUT2D eigenvalue weighted by molar-refractivity contribution is 5.94. The minimum Gasteiger partial charge on any atom is -0.497 e. The van der Waals surface area contributed by atoms with Gasteiger partial charge in [-0.25, -0.2) is 0 Å². The fraction of sp³-hybridized carbons (Fsp3) is 0.391. The summed E-state index contributed by atoms with van der Waals surface area (Å²) < 4.78 is 11.2. The molecule has 3 rings (SSSR count). The first-order valence-electron chi connectivity index (χ1n) is 10.3. The van der Waals surface area contributed by atoms with Crippen molar-refractivity contribution in [2.45, 2.75) is 18.9 Å². The zero-order valence-corrected chi connectivity index (χ0v) is 17.6. The van der Waals surface area contributed by atoms with Crippen LogP contribution in [-0.2, 0) is 0 Å². The number of nitrogens with one attached hydrogen (secondary N) is 2. The number of amides is 1. The number of para-hydroxylation sites is 1. The number of carbonyl (C=O) groups is 1. The molecule has 0 unspecified atom stereocenters. The fourth-order valence-corrected chi connectivity index (χ4v) is 3.40. The minimum absolute atomic E-state index is 0.103. The Labute approximate surface area is 178 Å². The van der Waals surface area contributed by atoms with Gasteiger partial charge in [0.05, 0.1) is 7.11 Å². The number of piperidine rings is 1. The summed E-state index contributed by atoms with van der Waals surface area (Å²) in [5.41, 5.74) is 0.612. The molecule has 7 heteroatoms. The normalized spacial score (nSPS) is 14.9. The van der Waals surface area contributed by atoms with Gasteiger partial charge in [0.2, 0.25) is 0 Å². The molecule has 0 aliphatic carbocycles. The molecular formula is C23H30N4O3. The van der Waals surface area contributed by atoms with Gasteiger partial charge in [0.1, 0.15) is 17.6 Å². The molecular weight excluding hydrogens is 380 g/mol. The lowest BCUT2D eigenvalue weighted by atomic mass is 10.1. The molecule has 1 aliphatic heterocycles. The van der Waals surface area contributed by atoms with Gasteiger partial charge in [0.15, 0.2) is 5.96 Å². The van der Waals surface area contributed by atoms with Crippen LogP contribution in [0.5, 0.6) is 11.5 Å². The second-order valence-electron chi connectivity index (χ2n) is 7.08. The van der Waals surface area contributed by atoms with E-state index in [0.29, 0.717) is 18.7 Å². The van der Waals surface area contributed by atoms with E-state index < -0.39 is 0 Å². The molecule has 160 valence electrons. The van der Waals surface area contributed by atoms with Crippen molar-refractivity contribution in [2.24, 2.45) is 4.99 Å². The van der Waals surface area contributed by atoms with Crippen molar-refractivity contribution in [3.05, 3.63) is 60.2 Å². The van der Waals surface area contributed by atoms with Crippen LogP contribution in [0.3, 0.4) is 0 Å². The summed E-state index contributed by atoms with van der Waals surface area (Å²) in [6.45, 7) is 2.89. The lowest BCUT2D eigenvalue weighted by Gasteiger charge is -2.34. The summed E-state index contributed by atoms with van der Waals surface area (Å²) in [6, 6.07) is 17.0. The number of ether oxygens (including phenoxy) is 2. The van der Waals surface area contributed by atoms with Crippen molar-refractivity contribution in [3.63, 3.8) is 0 Å². The predicted octanol–water partition coefficient (Wildman–Crippen LogP) is 2.54. The maximum absolute atomic E-state index is 12.2. The molecule has 1 heterocycles. The molecule has 0 spiro atoms. The standard InChI is InChI=1S/C23H30N4O3/c1-24-23(26-15-14-25-22(28)18-8-10-19(29-2)11-9-18)27-16-12-21(13-17-27)30-20-6-4-3-5-7-20/h3-11,21H,12-17H2,1-2H3,(H,24,26)(H,25,28). The Morgan fingerprint density at radius 1 is 1.00 bits per heavy atom. The number of rotatable bonds is 7. The number of methoxy groups -OCH3 is 1. The number of nitrogens with zero attached hydrogens (tertiary/aromatic N) is 2. The smallest absolute Gasteiger partial charge is 0.251 e. The van der Waals surface area contributed by atoms with Gasteiger partial charge in [-0.1, -0.05) is 18.2 Å². The van der Waals surface area contributed by atoms with Crippen LogP contribution < -0.4 is 20.1 Å². The summed E-state index contributed by atoms with van der Waals surface area (Å²) in [4.78, 5) is 18.8. The van der Waals surface area contributed by atoms with E-state index in [4.69, 9.17) is 9.47 Å². The quantitative estimate of drug-likeness (QED) is 0.417. The first-order chi connectivity index (χ1) is 14.7. The Morgan fingerprint density at radius 3 is 2.30 bits per heavy atom. The summed E-state index contributed by atoms with van der Waals surface area (Å²) in [6.07, 6.45) is 2.12. The molecule has 0 saturated carbocycles. The first kappa shape index (κ1) is 21.5. The van der Waals surface area contributed by atoms with Gasteiger partial charge in [0.25, 0.3) is 5.91 Å². The molecule has 0 atom stereocenters. The molecule has 2 aromatic carbocycles. The summed E-state index contributed by atoms with van der Waals surface area (Å²) in [5, 5.41) is 6.25. The van der Waals surface area contributed by atoms with E-state index in [1.165, 1.54) is 0 Å². The molecule has 2 aromatic rings. The van der Waals surface area contributed by atoms with E-state index in [1.807, 2.05) is 30.3 Å². The van der Waals surface area contributed by atoms with Gasteiger partial charge in [-0.15, -0.1) is 0 Å². The third kappa shape index (κ3) is 6.14. The zero-order valence-electron chi connectivity index (χ0n) is 17.6. The molecule has 1 amide bonds. The number of likely N-dealkylation sites (tertiary alicyclic amines) is 1. The van der Waals surface area contributed by atoms with Crippen LogP contribution in [0.15, 0.2) is 59.6 Å². The molecule has 0 aromatic heterocycles. The van der Waals surface area contributed by atoms with Gasteiger partial charge < -0.3 is 25.0 Å². The van der Waals surface area contributed by atoms with E-state index in [9.17, 15) is 4.79 Å². The number of hydrogen-bond donors (Lipinski definition) is 2. The van der Waals surface area contributed by atoms with E-state index >= 15 is 0 Å². The summed E-state index contributed by atoms with van der Waals surface area (Å²) in [5.74, 6) is 2.40. The Morgan fingerprint density at radius 2 is 1.67 bits per heavy atom. The van der Waals surface area contributed by atoms with Crippen molar-refractivity contribution in [1.82, 2.24) is 15.5 Å². The Kier molecular flexibility index (Phi) is 7.94. The molecule has 0 bridgehead atoms. The topological polar surface area (TPSA) is 75.2 Å². The van der Waals surface area contributed by atoms with Crippen LogP contribution in [-0.4, -0.2) is 63.2 Å². The highest BCUT2D eigenvalue weighted by Crippen LogP contribution is 2.18. The molecule has 1 aliphatic rings. The Balaban J connectivity index is 1.37. The van der Waals surface area contributed by atoms with Crippen molar-refractivity contribution < 1.29 is 14.3 Å². The van der Waals surface area contributed by atoms with Gasteiger partial charge in [-0.2, -0.15) is 0 Å². The molecule has 7 nitrogen and oxygen atoms in total. The monoisotopic (exact) mass is 410 g/mol. The van der Waals surface area contributed by atoms with Gasteiger partial charge in [-0.05, 0) is 36.4 Å². The number of benzene rings is 2.